The van der Waals surface area contributed by atoms with Crippen LogP contribution in [0.25, 0.3) is 0 Å². The van der Waals surface area contributed by atoms with Crippen molar-refractivity contribution in [3.05, 3.63) is 66.0 Å². The molecule has 8 heteroatoms. The Bertz CT molecular complexity index is 883. The van der Waals surface area contributed by atoms with Crippen molar-refractivity contribution in [2.75, 3.05) is 19.7 Å². The van der Waals surface area contributed by atoms with Crippen LogP contribution >= 0.6 is 0 Å². The second-order valence-corrected chi connectivity index (χ2v) is 9.64. The average Bonchev–Trinajstić information content (AvgIpc) is 2.81. The fourth-order valence-electron chi connectivity index (χ4n) is 2.91. The van der Waals surface area contributed by atoms with Crippen molar-refractivity contribution in [3.8, 4) is 11.5 Å². The van der Waals surface area contributed by atoms with E-state index in [4.69, 9.17) is 9.84 Å². The number of rotatable bonds is 12. The summed E-state index contributed by atoms with van der Waals surface area (Å²) in [5, 5.41) is 44.3. The summed E-state index contributed by atoms with van der Waals surface area (Å²) < 4.78 is 5.65. The molecule has 2 rings (SSSR count). The molecule has 0 radical (unpaired) electrons. The number of β-amino-alcohol motifs (C(OH)–C–C–N with tert-alkyl or cyclic N) is 1. The molecule has 196 valence electrons. The number of aliphatic hydroxyl groups excluding tert-OH is 3. The Kier molecular flexibility index (Phi) is 13.5. The summed E-state index contributed by atoms with van der Waals surface area (Å²) in [5.74, 6) is 0.758. The lowest BCUT2D eigenvalue weighted by Crippen LogP contribution is -2.38. The number of para-hydroxylation sites is 1. The third-order valence-corrected chi connectivity index (χ3v) is 4.82. The first-order chi connectivity index (χ1) is 16.5. The summed E-state index contributed by atoms with van der Waals surface area (Å²) in [4.78, 5) is 4.00. The molecule has 6 N–H and O–H groups in total. The van der Waals surface area contributed by atoms with Crippen molar-refractivity contribution >= 4 is 0 Å². The quantitative estimate of drug-likeness (QED) is 0.251. The van der Waals surface area contributed by atoms with Gasteiger partial charge < -0.3 is 35.8 Å². The van der Waals surface area contributed by atoms with Gasteiger partial charge in [-0.25, -0.2) is 4.98 Å². The number of aliphatic hydroxyl groups is 3. The standard InChI is InChI=1S/C15H23NO2.C12H20N2O3/c1-4-7-13-8-5-6-9-15(13)18-11-14(17)10-16-12(2)3;1-12(2,3)13-6-11(17)8-4-5-10(16)9(7-15)14-8/h4-6,8-9,12,14,16-17H,1,7,10-11H2,2-3H3;4-5,11,13,15-17H,6-7H2,1-3H3. The molecule has 0 fully saturated rings. The van der Waals surface area contributed by atoms with E-state index in [-0.39, 0.29) is 23.6 Å². The van der Waals surface area contributed by atoms with E-state index < -0.39 is 12.2 Å². The number of allylic oxidation sites excluding steroid dienone is 1. The number of nitrogens with zero attached hydrogens (tertiary/aromatic N) is 1. The Balaban J connectivity index is 0.000000351. The fourth-order valence-corrected chi connectivity index (χ4v) is 2.91. The highest BCUT2D eigenvalue weighted by Gasteiger charge is 2.15. The summed E-state index contributed by atoms with van der Waals surface area (Å²) in [6.07, 6.45) is 1.36. The van der Waals surface area contributed by atoms with Crippen molar-refractivity contribution in [3.63, 3.8) is 0 Å². The molecule has 0 bridgehead atoms. The van der Waals surface area contributed by atoms with Gasteiger partial charge in [-0.05, 0) is 51.0 Å². The summed E-state index contributed by atoms with van der Waals surface area (Å²) >= 11 is 0. The van der Waals surface area contributed by atoms with Crippen LogP contribution in [-0.2, 0) is 13.0 Å². The maximum Gasteiger partial charge on any atom is 0.139 e. The first-order valence-electron chi connectivity index (χ1n) is 11.9. The van der Waals surface area contributed by atoms with Crippen LogP contribution in [0.4, 0.5) is 0 Å². The number of pyridine rings is 1. The van der Waals surface area contributed by atoms with Crippen LogP contribution in [0, 0.1) is 0 Å². The first-order valence-corrected chi connectivity index (χ1v) is 11.9. The number of benzene rings is 1. The van der Waals surface area contributed by atoms with Crippen molar-refractivity contribution < 1.29 is 25.2 Å². The third-order valence-electron chi connectivity index (χ3n) is 4.82. The number of hydrogen-bond acceptors (Lipinski definition) is 8. The van der Waals surface area contributed by atoms with E-state index in [2.05, 4.69) is 22.2 Å². The molecular weight excluding hydrogens is 446 g/mol. The van der Waals surface area contributed by atoms with Crippen LogP contribution in [0.2, 0.25) is 0 Å². The zero-order valence-electron chi connectivity index (χ0n) is 21.7. The van der Waals surface area contributed by atoms with Crippen LogP contribution in [0.15, 0.2) is 49.1 Å². The number of aromatic hydroxyl groups is 1. The van der Waals surface area contributed by atoms with Gasteiger partial charge in [0.25, 0.3) is 0 Å². The molecule has 1 aromatic heterocycles. The maximum absolute atomic E-state index is 9.91. The Labute approximate surface area is 209 Å². The van der Waals surface area contributed by atoms with E-state index in [0.29, 0.717) is 31.4 Å². The molecule has 8 nitrogen and oxygen atoms in total. The van der Waals surface area contributed by atoms with E-state index >= 15 is 0 Å². The number of nitrogens with one attached hydrogen (secondary N) is 2. The van der Waals surface area contributed by atoms with Crippen LogP contribution in [-0.4, -0.2) is 62.8 Å². The van der Waals surface area contributed by atoms with Gasteiger partial charge in [-0.15, -0.1) is 6.58 Å². The lowest BCUT2D eigenvalue weighted by molar-refractivity contribution is 0.104. The van der Waals surface area contributed by atoms with Crippen molar-refractivity contribution in [2.45, 2.75) is 71.4 Å². The van der Waals surface area contributed by atoms with Crippen LogP contribution in [0.3, 0.4) is 0 Å². The molecule has 0 saturated heterocycles. The molecule has 2 unspecified atom stereocenters. The summed E-state index contributed by atoms with van der Waals surface area (Å²) in [5.41, 5.74) is 1.62. The Hall–Kier alpha value is -2.49. The monoisotopic (exact) mass is 489 g/mol. The van der Waals surface area contributed by atoms with E-state index in [0.717, 1.165) is 17.7 Å². The molecule has 0 saturated carbocycles. The molecule has 35 heavy (non-hydrogen) atoms. The number of aromatic nitrogens is 1. The van der Waals surface area contributed by atoms with E-state index in [1.165, 1.54) is 6.07 Å². The third kappa shape index (κ3) is 12.7. The molecule has 2 aromatic rings. The van der Waals surface area contributed by atoms with Gasteiger partial charge in [0, 0.05) is 24.7 Å². The van der Waals surface area contributed by atoms with Crippen LogP contribution in [0.1, 0.15) is 57.7 Å². The fraction of sp³-hybridized carbons (Fsp3) is 0.519. The lowest BCUT2D eigenvalue weighted by atomic mass is 10.1. The minimum absolute atomic E-state index is 0.0627. The second-order valence-electron chi connectivity index (χ2n) is 9.64. The minimum atomic E-state index is -0.764. The van der Waals surface area contributed by atoms with Gasteiger partial charge in [0.05, 0.1) is 12.3 Å². The Morgan fingerprint density at radius 2 is 1.77 bits per heavy atom. The molecule has 1 heterocycles. The van der Waals surface area contributed by atoms with Crippen molar-refractivity contribution in [2.24, 2.45) is 0 Å². The van der Waals surface area contributed by atoms with Gasteiger partial charge in [-0.2, -0.15) is 0 Å². The van der Waals surface area contributed by atoms with E-state index in [1.54, 1.807) is 6.07 Å². The zero-order chi connectivity index (χ0) is 26.4. The molecule has 0 amide bonds. The van der Waals surface area contributed by atoms with Crippen LogP contribution in [0.5, 0.6) is 11.5 Å². The highest BCUT2D eigenvalue weighted by atomic mass is 16.5. The molecular formula is C27H43N3O5. The number of hydrogen-bond donors (Lipinski definition) is 6. The minimum Gasteiger partial charge on any atom is -0.506 e. The van der Waals surface area contributed by atoms with E-state index in [1.807, 2.05) is 65.0 Å². The normalized spacial score (nSPS) is 13.1. The summed E-state index contributed by atoms with van der Waals surface area (Å²) in [6, 6.07) is 11.2. The van der Waals surface area contributed by atoms with Crippen LogP contribution < -0.4 is 15.4 Å². The molecule has 0 aliphatic carbocycles. The lowest BCUT2D eigenvalue weighted by Gasteiger charge is -2.22. The molecule has 0 aliphatic rings. The van der Waals surface area contributed by atoms with Gasteiger partial charge in [0.2, 0.25) is 0 Å². The predicted molar refractivity (Wildman–Crippen MR) is 140 cm³/mol. The van der Waals surface area contributed by atoms with Gasteiger partial charge >= 0.3 is 0 Å². The van der Waals surface area contributed by atoms with E-state index in [9.17, 15) is 15.3 Å². The highest BCUT2D eigenvalue weighted by Crippen LogP contribution is 2.20. The van der Waals surface area contributed by atoms with Gasteiger partial charge in [-0.3, -0.25) is 0 Å². The SMILES string of the molecule is C=CCc1ccccc1OCC(O)CNC(C)C.CC(C)(C)NCC(O)c1ccc(O)c(CO)n1. The largest absolute Gasteiger partial charge is 0.506 e. The number of ether oxygens (including phenoxy) is 1. The van der Waals surface area contributed by atoms with Gasteiger partial charge in [-0.1, -0.05) is 38.1 Å². The predicted octanol–water partition coefficient (Wildman–Crippen LogP) is 2.85. The molecule has 0 aliphatic heterocycles. The Morgan fingerprint density at radius 3 is 2.37 bits per heavy atom. The first kappa shape index (κ1) is 30.5. The van der Waals surface area contributed by atoms with Gasteiger partial charge in [0.1, 0.15) is 36.0 Å². The smallest absolute Gasteiger partial charge is 0.139 e. The van der Waals surface area contributed by atoms with Gasteiger partial charge in [0.15, 0.2) is 0 Å². The average molecular weight is 490 g/mol. The zero-order valence-corrected chi connectivity index (χ0v) is 21.7. The van der Waals surface area contributed by atoms with Crippen molar-refractivity contribution in [1.82, 2.24) is 15.6 Å². The summed E-state index contributed by atoms with van der Waals surface area (Å²) in [7, 11) is 0. The highest BCUT2D eigenvalue weighted by molar-refractivity contribution is 5.34. The summed E-state index contributed by atoms with van der Waals surface area (Å²) in [6.45, 7) is 14.7. The van der Waals surface area contributed by atoms with Crippen molar-refractivity contribution in [1.29, 1.82) is 0 Å². The topological polar surface area (TPSA) is 127 Å². The molecule has 0 spiro atoms. The second kappa shape index (κ2) is 15.5. The Morgan fingerprint density at radius 1 is 1.09 bits per heavy atom. The maximum atomic E-state index is 9.91. The molecule has 1 aromatic carbocycles. The molecule has 2 atom stereocenters.